The number of anilines is 1. The van der Waals surface area contributed by atoms with Crippen LogP contribution in [0.15, 0.2) is 52.4 Å². The Hall–Kier alpha value is -2.36. The molecule has 7 nitrogen and oxygen atoms in total. The number of fused-ring (bicyclic) bond motifs is 1. The van der Waals surface area contributed by atoms with Crippen LogP contribution in [-0.2, 0) is 16.6 Å². The van der Waals surface area contributed by atoms with Crippen molar-refractivity contribution in [1.82, 2.24) is 9.55 Å². The van der Waals surface area contributed by atoms with Gasteiger partial charge in [-0.2, -0.15) is 0 Å². The maximum absolute atomic E-state index is 13.1. The van der Waals surface area contributed by atoms with Gasteiger partial charge < -0.3 is 0 Å². The van der Waals surface area contributed by atoms with E-state index in [0.717, 1.165) is 6.26 Å². The van der Waals surface area contributed by atoms with E-state index < -0.39 is 15.3 Å². The van der Waals surface area contributed by atoms with Crippen molar-refractivity contribution in [3.63, 3.8) is 0 Å². The second-order valence-electron chi connectivity index (χ2n) is 7.94. The minimum absolute atomic E-state index is 0.151. The summed E-state index contributed by atoms with van der Waals surface area (Å²) in [5.74, 6) is 0.0498. The predicted molar refractivity (Wildman–Crippen MR) is 130 cm³/mol. The number of aromatic nitrogens is 2. The predicted octanol–water partition coefficient (Wildman–Crippen LogP) is 4.44. The molecule has 0 radical (unpaired) electrons. The van der Waals surface area contributed by atoms with Crippen LogP contribution in [0.4, 0.5) is 5.69 Å². The van der Waals surface area contributed by atoms with Crippen LogP contribution in [0.2, 0.25) is 5.02 Å². The fraction of sp³-hybridized carbons (Fsp3) is 0.318. The molecular weight excluding hydrogens is 470 g/mol. The first kappa shape index (κ1) is 24.3. The van der Waals surface area contributed by atoms with E-state index in [-0.39, 0.29) is 17.3 Å². The summed E-state index contributed by atoms with van der Waals surface area (Å²) >= 11 is 7.29. The number of hydrogen-bond donors (Lipinski definition) is 1. The highest BCUT2D eigenvalue weighted by molar-refractivity contribution is 8.00. The van der Waals surface area contributed by atoms with E-state index in [9.17, 15) is 18.0 Å². The zero-order valence-electron chi connectivity index (χ0n) is 18.1. The van der Waals surface area contributed by atoms with E-state index >= 15 is 0 Å². The lowest BCUT2D eigenvalue weighted by Crippen LogP contribution is -2.27. The number of sulfonamides is 1. The Morgan fingerprint density at radius 1 is 1.16 bits per heavy atom. The van der Waals surface area contributed by atoms with Crippen LogP contribution in [0.25, 0.3) is 10.9 Å². The van der Waals surface area contributed by atoms with E-state index in [1.807, 2.05) is 13.8 Å². The molecule has 0 bridgehead atoms. The lowest BCUT2D eigenvalue weighted by molar-refractivity contribution is 0.0994. The summed E-state index contributed by atoms with van der Waals surface area (Å²) in [4.78, 5) is 30.7. The molecule has 32 heavy (non-hydrogen) atoms. The number of carbonyl (C=O) groups is 1. The normalized spacial score (nSPS) is 12.8. The number of benzene rings is 2. The molecule has 0 aliphatic rings. The lowest BCUT2D eigenvalue weighted by atomic mass is 10.1. The molecule has 1 unspecified atom stereocenters. The van der Waals surface area contributed by atoms with Crippen LogP contribution < -0.4 is 10.3 Å². The Balaban J connectivity index is 1.91. The third-order valence-corrected chi connectivity index (χ3v) is 6.48. The Morgan fingerprint density at radius 3 is 2.41 bits per heavy atom. The van der Waals surface area contributed by atoms with E-state index in [1.54, 1.807) is 54.0 Å². The van der Waals surface area contributed by atoms with Crippen LogP contribution in [0.5, 0.6) is 0 Å². The van der Waals surface area contributed by atoms with Gasteiger partial charge in [0.2, 0.25) is 10.0 Å². The third kappa shape index (κ3) is 5.90. The van der Waals surface area contributed by atoms with Crippen molar-refractivity contribution < 1.29 is 13.2 Å². The molecule has 1 heterocycles. The number of rotatable bonds is 8. The van der Waals surface area contributed by atoms with Gasteiger partial charge in [0.15, 0.2) is 10.9 Å². The fourth-order valence-electron chi connectivity index (χ4n) is 3.15. The van der Waals surface area contributed by atoms with E-state index in [0.29, 0.717) is 38.9 Å². The quantitative estimate of drug-likeness (QED) is 0.283. The van der Waals surface area contributed by atoms with Crippen molar-refractivity contribution in [1.29, 1.82) is 0 Å². The molecule has 1 N–H and O–H groups in total. The van der Waals surface area contributed by atoms with Crippen molar-refractivity contribution in [2.45, 2.75) is 37.7 Å². The monoisotopic (exact) mass is 493 g/mol. The van der Waals surface area contributed by atoms with Crippen molar-refractivity contribution in [3.8, 4) is 0 Å². The Morgan fingerprint density at radius 2 is 1.81 bits per heavy atom. The largest absolute Gasteiger partial charge is 0.293 e. The van der Waals surface area contributed by atoms with Gasteiger partial charge in [-0.15, -0.1) is 0 Å². The Labute approximate surface area is 196 Å². The van der Waals surface area contributed by atoms with Crippen LogP contribution in [0.3, 0.4) is 0 Å². The van der Waals surface area contributed by atoms with Gasteiger partial charge in [0.25, 0.3) is 5.56 Å². The van der Waals surface area contributed by atoms with Gasteiger partial charge in [-0.3, -0.25) is 18.9 Å². The molecular formula is C22H24ClN3O4S2. The lowest BCUT2D eigenvalue weighted by Gasteiger charge is -2.17. The molecule has 0 aliphatic carbocycles. The zero-order chi connectivity index (χ0) is 23.6. The highest BCUT2D eigenvalue weighted by Gasteiger charge is 2.21. The first-order valence-corrected chi connectivity index (χ1v) is 13.1. The first-order chi connectivity index (χ1) is 14.9. The fourth-order valence-corrected chi connectivity index (χ4v) is 4.88. The summed E-state index contributed by atoms with van der Waals surface area (Å²) in [7, 11) is -3.39. The average molecular weight is 494 g/mol. The van der Waals surface area contributed by atoms with Crippen LogP contribution in [0, 0.1) is 5.92 Å². The molecule has 2 aromatic carbocycles. The van der Waals surface area contributed by atoms with Crippen molar-refractivity contribution in [3.05, 3.63) is 63.4 Å². The van der Waals surface area contributed by atoms with Crippen molar-refractivity contribution >= 4 is 55.8 Å². The number of ketones is 1. The molecule has 3 rings (SSSR count). The number of Topliss-reactive ketones (excluding diaryl/α,β-unsaturated/α-hetero) is 1. The maximum Gasteiger partial charge on any atom is 0.262 e. The standard InChI is InChI=1S/C22H24ClN3O4S2/c1-13(2)12-26-21(28)18-11-16(23)7-10-19(18)24-22(26)31-14(3)20(27)15-5-8-17(9-6-15)25-32(4,29)30/h5-11,13-14,25H,12H2,1-4H3. The summed E-state index contributed by atoms with van der Waals surface area (Å²) < 4.78 is 26.7. The van der Waals surface area contributed by atoms with E-state index in [4.69, 9.17) is 11.6 Å². The minimum atomic E-state index is -3.39. The van der Waals surface area contributed by atoms with Gasteiger partial charge >= 0.3 is 0 Å². The SMILES string of the molecule is CC(C)Cn1c(SC(C)C(=O)c2ccc(NS(C)(=O)=O)cc2)nc2ccc(Cl)cc2c1=O. The number of halogens is 1. The second-order valence-corrected chi connectivity index (χ2v) is 11.4. The molecule has 0 saturated carbocycles. The van der Waals surface area contributed by atoms with Crippen LogP contribution >= 0.6 is 23.4 Å². The topological polar surface area (TPSA) is 98.1 Å². The van der Waals surface area contributed by atoms with Crippen molar-refractivity contribution in [2.24, 2.45) is 5.92 Å². The highest BCUT2D eigenvalue weighted by Crippen LogP contribution is 2.27. The number of carbonyl (C=O) groups excluding carboxylic acids is 1. The molecule has 170 valence electrons. The average Bonchev–Trinajstić information content (AvgIpc) is 2.70. The minimum Gasteiger partial charge on any atom is -0.293 e. The smallest absolute Gasteiger partial charge is 0.262 e. The van der Waals surface area contributed by atoms with E-state index in [2.05, 4.69) is 9.71 Å². The molecule has 0 fully saturated rings. The molecule has 0 spiro atoms. The Bertz CT molecular complexity index is 1320. The number of nitrogens with one attached hydrogen (secondary N) is 1. The van der Waals surface area contributed by atoms with Gasteiger partial charge in [0.05, 0.1) is 22.4 Å². The molecule has 1 aromatic heterocycles. The van der Waals surface area contributed by atoms with Crippen molar-refractivity contribution in [2.75, 3.05) is 11.0 Å². The molecule has 0 aliphatic heterocycles. The molecule has 3 aromatic rings. The zero-order valence-corrected chi connectivity index (χ0v) is 20.5. The van der Waals surface area contributed by atoms with E-state index in [1.165, 1.54) is 11.8 Å². The van der Waals surface area contributed by atoms with Crippen LogP contribution in [-0.4, -0.2) is 35.3 Å². The summed E-state index contributed by atoms with van der Waals surface area (Å²) in [6.45, 7) is 6.23. The maximum atomic E-state index is 13.1. The Kier molecular flexibility index (Phi) is 7.32. The summed E-state index contributed by atoms with van der Waals surface area (Å²) in [6.07, 6.45) is 1.06. The van der Waals surface area contributed by atoms with Crippen LogP contribution in [0.1, 0.15) is 31.1 Å². The highest BCUT2D eigenvalue weighted by atomic mass is 35.5. The summed E-state index contributed by atoms with van der Waals surface area (Å²) in [5, 5.41) is 0.856. The molecule has 1 atom stereocenters. The summed E-state index contributed by atoms with van der Waals surface area (Å²) in [5.41, 5.74) is 1.15. The molecule has 0 amide bonds. The van der Waals surface area contributed by atoms with Gasteiger partial charge in [-0.1, -0.05) is 37.2 Å². The number of nitrogens with zero attached hydrogens (tertiary/aromatic N) is 2. The summed E-state index contributed by atoms with van der Waals surface area (Å²) in [6, 6.07) is 11.2. The van der Waals surface area contributed by atoms with Gasteiger partial charge in [-0.25, -0.2) is 13.4 Å². The molecule has 0 saturated heterocycles. The van der Waals surface area contributed by atoms with Gasteiger partial charge in [-0.05, 0) is 55.3 Å². The third-order valence-electron chi connectivity index (χ3n) is 4.55. The second kappa shape index (κ2) is 9.64. The van der Waals surface area contributed by atoms with Gasteiger partial charge in [0.1, 0.15) is 0 Å². The number of thioether (sulfide) groups is 1. The first-order valence-electron chi connectivity index (χ1n) is 9.93. The van der Waals surface area contributed by atoms with Gasteiger partial charge in [0, 0.05) is 22.8 Å². The molecule has 10 heteroatoms. The number of hydrogen-bond acceptors (Lipinski definition) is 6.